The zero-order valence-electron chi connectivity index (χ0n) is 19.8. The molecule has 0 radical (unpaired) electrons. The lowest BCUT2D eigenvalue weighted by Gasteiger charge is -2.18. The van der Waals surface area contributed by atoms with E-state index in [9.17, 15) is 4.79 Å². The van der Waals surface area contributed by atoms with E-state index in [1.807, 2.05) is 0 Å². The topological polar surface area (TPSA) is 26.3 Å². The van der Waals surface area contributed by atoms with Crippen LogP contribution in [-0.4, -0.2) is 17.4 Å². The van der Waals surface area contributed by atoms with E-state index < -0.39 is 0 Å². The Morgan fingerprint density at radius 1 is 0.621 bits per heavy atom. The van der Waals surface area contributed by atoms with Crippen molar-refractivity contribution >= 4 is 21.9 Å². The Bertz CT molecular complexity index is 317. The number of halogens is 1. The SMILES string of the molecule is CCCCCCCCC(CCCCCCCC)OC(=O)CCCCCCCCBr. The summed E-state index contributed by atoms with van der Waals surface area (Å²) < 4.78 is 5.91. The molecule has 2 nitrogen and oxygen atoms in total. The molecule has 0 saturated carbocycles. The Labute approximate surface area is 191 Å². The van der Waals surface area contributed by atoms with Gasteiger partial charge < -0.3 is 4.74 Å². The summed E-state index contributed by atoms with van der Waals surface area (Å²) in [6.45, 7) is 4.53. The van der Waals surface area contributed by atoms with Crippen LogP contribution >= 0.6 is 15.9 Å². The molecule has 0 rings (SSSR count). The average Bonchev–Trinajstić information content (AvgIpc) is 2.72. The van der Waals surface area contributed by atoms with Crippen LogP contribution in [0, 0.1) is 0 Å². The van der Waals surface area contributed by atoms with Crippen molar-refractivity contribution in [1.29, 1.82) is 0 Å². The van der Waals surface area contributed by atoms with Gasteiger partial charge in [-0.05, 0) is 38.5 Å². The Balaban J connectivity index is 3.98. The predicted molar refractivity (Wildman–Crippen MR) is 132 cm³/mol. The summed E-state index contributed by atoms with van der Waals surface area (Å²) in [6, 6.07) is 0. The van der Waals surface area contributed by atoms with E-state index in [2.05, 4.69) is 29.8 Å². The average molecular weight is 476 g/mol. The molecule has 0 saturated heterocycles. The summed E-state index contributed by atoms with van der Waals surface area (Å²) in [7, 11) is 0. The molecule has 0 aliphatic carbocycles. The highest BCUT2D eigenvalue weighted by Gasteiger charge is 2.14. The largest absolute Gasteiger partial charge is 0.462 e. The number of rotatable bonds is 23. The van der Waals surface area contributed by atoms with Gasteiger partial charge >= 0.3 is 5.97 Å². The highest BCUT2D eigenvalue weighted by Crippen LogP contribution is 2.18. The van der Waals surface area contributed by atoms with Crippen LogP contribution in [0.5, 0.6) is 0 Å². The van der Waals surface area contributed by atoms with Gasteiger partial charge in [0.25, 0.3) is 0 Å². The van der Waals surface area contributed by atoms with Crippen molar-refractivity contribution in [3.63, 3.8) is 0 Å². The van der Waals surface area contributed by atoms with E-state index in [1.54, 1.807) is 0 Å². The van der Waals surface area contributed by atoms with Crippen molar-refractivity contribution in [1.82, 2.24) is 0 Å². The molecule has 0 aromatic rings. The first-order valence-corrected chi connectivity index (χ1v) is 14.1. The maximum atomic E-state index is 12.3. The summed E-state index contributed by atoms with van der Waals surface area (Å²) in [6.07, 6.45) is 25.9. The Morgan fingerprint density at radius 3 is 1.52 bits per heavy atom. The molecule has 174 valence electrons. The second-order valence-corrected chi connectivity index (χ2v) is 9.58. The Hall–Kier alpha value is -0.0500. The normalized spacial score (nSPS) is 11.3. The number of alkyl halides is 1. The third-order valence-electron chi connectivity index (χ3n) is 5.82. The second-order valence-electron chi connectivity index (χ2n) is 8.79. The van der Waals surface area contributed by atoms with Crippen LogP contribution in [0.3, 0.4) is 0 Å². The minimum atomic E-state index is 0.0485. The van der Waals surface area contributed by atoms with E-state index in [1.165, 1.54) is 103 Å². The van der Waals surface area contributed by atoms with Crippen molar-refractivity contribution in [2.24, 2.45) is 0 Å². The Kier molecular flexibility index (Phi) is 24.2. The summed E-state index contributed by atoms with van der Waals surface area (Å²) in [5, 5.41) is 1.11. The van der Waals surface area contributed by atoms with Crippen molar-refractivity contribution in [3.05, 3.63) is 0 Å². The van der Waals surface area contributed by atoms with Crippen molar-refractivity contribution in [3.8, 4) is 0 Å². The van der Waals surface area contributed by atoms with Gasteiger partial charge in [-0.3, -0.25) is 4.79 Å². The maximum absolute atomic E-state index is 12.3. The zero-order valence-corrected chi connectivity index (χ0v) is 21.4. The van der Waals surface area contributed by atoms with Crippen molar-refractivity contribution in [2.75, 3.05) is 5.33 Å². The minimum absolute atomic E-state index is 0.0485. The molecule has 0 heterocycles. The standard InChI is InChI=1S/C26H51BrO2/c1-3-5-7-9-13-17-21-25(22-18-14-10-8-6-4-2)29-26(28)23-19-15-11-12-16-20-24-27/h25H,3-24H2,1-2H3. The second kappa shape index (κ2) is 24.2. The third kappa shape index (κ3) is 22.5. The van der Waals surface area contributed by atoms with Gasteiger partial charge in [0.1, 0.15) is 6.10 Å². The van der Waals surface area contributed by atoms with Gasteiger partial charge in [0.2, 0.25) is 0 Å². The number of hydrogen-bond donors (Lipinski definition) is 0. The number of hydrogen-bond acceptors (Lipinski definition) is 2. The molecule has 0 bridgehead atoms. The fourth-order valence-corrected chi connectivity index (χ4v) is 4.28. The molecule has 29 heavy (non-hydrogen) atoms. The molecule has 0 aliphatic heterocycles. The van der Waals surface area contributed by atoms with Crippen LogP contribution in [0.4, 0.5) is 0 Å². The number of carbonyl (C=O) groups is 1. The summed E-state index contributed by atoms with van der Waals surface area (Å²) >= 11 is 3.48. The molecule has 0 aliphatic rings. The first-order valence-electron chi connectivity index (χ1n) is 13.0. The van der Waals surface area contributed by atoms with E-state index in [0.717, 1.165) is 31.0 Å². The van der Waals surface area contributed by atoms with Crippen LogP contribution in [-0.2, 0) is 9.53 Å². The van der Waals surface area contributed by atoms with Gasteiger partial charge in [-0.1, -0.05) is 120 Å². The fourth-order valence-electron chi connectivity index (χ4n) is 3.88. The van der Waals surface area contributed by atoms with E-state index in [-0.39, 0.29) is 12.1 Å². The molecule has 0 amide bonds. The minimum Gasteiger partial charge on any atom is -0.462 e. The van der Waals surface area contributed by atoms with Crippen molar-refractivity contribution in [2.45, 2.75) is 155 Å². The number of esters is 1. The van der Waals surface area contributed by atoms with Crippen LogP contribution < -0.4 is 0 Å². The monoisotopic (exact) mass is 474 g/mol. The van der Waals surface area contributed by atoms with Gasteiger partial charge in [-0.25, -0.2) is 0 Å². The van der Waals surface area contributed by atoms with Crippen LogP contribution in [0.25, 0.3) is 0 Å². The van der Waals surface area contributed by atoms with Crippen LogP contribution in [0.1, 0.15) is 149 Å². The molecule has 0 aromatic heterocycles. The van der Waals surface area contributed by atoms with E-state index >= 15 is 0 Å². The summed E-state index contributed by atoms with van der Waals surface area (Å²) in [5.74, 6) is 0.0485. The molecule has 0 atom stereocenters. The third-order valence-corrected chi connectivity index (χ3v) is 6.38. The number of unbranched alkanes of at least 4 members (excludes halogenated alkanes) is 15. The Morgan fingerprint density at radius 2 is 1.03 bits per heavy atom. The summed E-state index contributed by atoms with van der Waals surface area (Å²) in [4.78, 5) is 12.3. The molecule has 0 unspecified atom stereocenters. The zero-order chi connectivity index (χ0) is 21.4. The molecule has 0 spiro atoms. The van der Waals surface area contributed by atoms with Crippen molar-refractivity contribution < 1.29 is 9.53 Å². The number of ether oxygens (including phenoxy) is 1. The van der Waals surface area contributed by atoms with Gasteiger partial charge in [-0.2, -0.15) is 0 Å². The van der Waals surface area contributed by atoms with Gasteiger partial charge in [0.15, 0.2) is 0 Å². The van der Waals surface area contributed by atoms with Crippen LogP contribution in [0.15, 0.2) is 0 Å². The molecule has 0 aromatic carbocycles. The quantitative estimate of drug-likeness (QED) is 0.0835. The lowest BCUT2D eigenvalue weighted by molar-refractivity contribution is -0.150. The van der Waals surface area contributed by atoms with Crippen LogP contribution in [0.2, 0.25) is 0 Å². The lowest BCUT2D eigenvalue weighted by Crippen LogP contribution is -2.18. The lowest BCUT2D eigenvalue weighted by atomic mass is 10.0. The van der Waals surface area contributed by atoms with E-state index in [0.29, 0.717) is 6.42 Å². The molecule has 3 heteroatoms. The number of carbonyl (C=O) groups excluding carboxylic acids is 1. The molecular formula is C26H51BrO2. The highest BCUT2D eigenvalue weighted by molar-refractivity contribution is 9.09. The highest BCUT2D eigenvalue weighted by atomic mass is 79.9. The molecule has 0 fully saturated rings. The fraction of sp³-hybridized carbons (Fsp3) is 0.962. The van der Waals surface area contributed by atoms with Gasteiger partial charge in [0.05, 0.1) is 0 Å². The first kappa shape index (κ1) is 28.9. The summed E-state index contributed by atoms with van der Waals surface area (Å²) in [5.41, 5.74) is 0. The van der Waals surface area contributed by atoms with Gasteiger partial charge in [-0.15, -0.1) is 0 Å². The molecule has 0 N–H and O–H groups in total. The van der Waals surface area contributed by atoms with E-state index in [4.69, 9.17) is 4.74 Å². The van der Waals surface area contributed by atoms with Gasteiger partial charge in [0, 0.05) is 11.8 Å². The smallest absolute Gasteiger partial charge is 0.306 e. The first-order chi connectivity index (χ1) is 14.2. The molecular weight excluding hydrogens is 424 g/mol. The predicted octanol–water partition coefficient (Wildman–Crippen LogP) is 9.52. The maximum Gasteiger partial charge on any atom is 0.306 e.